The Morgan fingerprint density at radius 3 is 2.58 bits per heavy atom. The van der Waals surface area contributed by atoms with E-state index in [2.05, 4.69) is 15.5 Å². The molecule has 4 aromatic rings. The molecule has 0 saturated carbocycles. The molecule has 3 heterocycles. The molecule has 33 heavy (non-hydrogen) atoms. The number of carbonyl (C=O) groups is 1. The van der Waals surface area contributed by atoms with Gasteiger partial charge in [0.05, 0.1) is 27.6 Å². The van der Waals surface area contributed by atoms with Gasteiger partial charge in [-0.05, 0) is 75.9 Å². The number of nitrogens with one attached hydrogen (secondary N) is 1. The number of aromatic nitrogens is 4. The molecular formula is C24H26ClN5O2S. The molecule has 7 nitrogen and oxygen atoms in total. The van der Waals surface area contributed by atoms with Crippen LogP contribution in [0.5, 0.6) is 5.75 Å². The molecule has 172 valence electrons. The van der Waals surface area contributed by atoms with E-state index in [9.17, 15) is 4.79 Å². The first-order chi connectivity index (χ1) is 15.7. The van der Waals surface area contributed by atoms with Crippen LogP contribution in [0.2, 0.25) is 5.02 Å². The summed E-state index contributed by atoms with van der Waals surface area (Å²) in [5.41, 5.74) is 6.30. The van der Waals surface area contributed by atoms with Crippen LogP contribution in [0.15, 0.2) is 35.7 Å². The Hall–Kier alpha value is -3.10. The molecule has 1 aromatic carbocycles. The minimum absolute atomic E-state index is 0.162. The minimum atomic E-state index is -0.162. The first-order valence-corrected chi connectivity index (χ1v) is 11.8. The smallest absolute Gasteiger partial charge is 0.265 e. The normalized spacial score (nSPS) is 11.1. The molecule has 1 amide bonds. The van der Waals surface area contributed by atoms with E-state index in [1.54, 1.807) is 0 Å². The predicted molar refractivity (Wildman–Crippen MR) is 132 cm³/mol. The highest BCUT2D eigenvalue weighted by Gasteiger charge is 2.17. The van der Waals surface area contributed by atoms with Crippen LogP contribution in [-0.4, -0.2) is 25.5 Å². The highest BCUT2D eigenvalue weighted by atomic mass is 35.5. The lowest BCUT2D eigenvalue weighted by atomic mass is 10.2. The van der Waals surface area contributed by atoms with Crippen LogP contribution in [0.25, 0.3) is 0 Å². The van der Waals surface area contributed by atoms with Gasteiger partial charge in [0.2, 0.25) is 0 Å². The van der Waals surface area contributed by atoms with Crippen molar-refractivity contribution in [2.75, 3.05) is 5.32 Å². The lowest BCUT2D eigenvalue weighted by Gasteiger charge is -2.08. The van der Waals surface area contributed by atoms with Crippen molar-refractivity contribution in [2.24, 2.45) is 0 Å². The lowest BCUT2D eigenvalue weighted by Crippen LogP contribution is -2.15. The highest BCUT2D eigenvalue weighted by molar-refractivity contribution is 7.12. The van der Waals surface area contributed by atoms with Gasteiger partial charge in [-0.2, -0.15) is 10.2 Å². The van der Waals surface area contributed by atoms with Crippen molar-refractivity contribution in [3.05, 3.63) is 79.5 Å². The second kappa shape index (κ2) is 9.41. The molecule has 0 bridgehead atoms. The molecule has 0 aliphatic heterocycles. The second-order valence-electron chi connectivity index (χ2n) is 8.09. The SMILES string of the molecule is Cc1cc(C)n(Cn2nc(C)c(NC(=O)c3cc(COc4ccc(Cl)c(C)c4)cs3)c2C)n1. The Morgan fingerprint density at radius 1 is 1.09 bits per heavy atom. The van der Waals surface area contributed by atoms with Gasteiger partial charge in [-0.1, -0.05) is 11.6 Å². The molecule has 0 unspecified atom stereocenters. The number of anilines is 1. The van der Waals surface area contributed by atoms with E-state index in [1.165, 1.54) is 11.3 Å². The number of benzene rings is 1. The molecule has 0 aliphatic carbocycles. The molecule has 0 saturated heterocycles. The van der Waals surface area contributed by atoms with Gasteiger partial charge >= 0.3 is 0 Å². The number of carbonyl (C=O) groups excluding carboxylic acids is 1. The maximum absolute atomic E-state index is 12.9. The van der Waals surface area contributed by atoms with E-state index in [1.807, 2.05) is 79.7 Å². The molecule has 0 atom stereocenters. The topological polar surface area (TPSA) is 74.0 Å². The summed E-state index contributed by atoms with van der Waals surface area (Å²) in [6.45, 7) is 10.6. The van der Waals surface area contributed by atoms with Gasteiger partial charge in [0.25, 0.3) is 5.91 Å². The standard InChI is InChI=1S/C24H26ClN5O2S/c1-14-8-20(6-7-21(14)25)32-11-19-10-22(33-12-19)24(31)26-23-17(4)28-30(18(23)5)13-29-16(3)9-15(2)27-29/h6-10,12H,11,13H2,1-5H3,(H,26,31). The largest absolute Gasteiger partial charge is 0.489 e. The van der Waals surface area contributed by atoms with Crippen LogP contribution < -0.4 is 10.1 Å². The first-order valence-electron chi connectivity index (χ1n) is 10.5. The second-order valence-corrected chi connectivity index (χ2v) is 9.40. The van der Waals surface area contributed by atoms with Crippen molar-refractivity contribution in [2.45, 2.75) is 47.9 Å². The third kappa shape index (κ3) is 5.12. The number of hydrogen-bond donors (Lipinski definition) is 1. The summed E-state index contributed by atoms with van der Waals surface area (Å²) in [5, 5.41) is 14.8. The summed E-state index contributed by atoms with van der Waals surface area (Å²) in [5.74, 6) is 0.584. The summed E-state index contributed by atoms with van der Waals surface area (Å²) >= 11 is 7.45. The third-order valence-electron chi connectivity index (χ3n) is 5.40. The van der Waals surface area contributed by atoms with Gasteiger partial charge in [-0.25, -0.2) is 9.36 Å². The van der Waals surface area contributed by atoms with Gasteiger partial charge in [-0.3, -0.25) is 4.79 Å². The Labute approximate surface area is 202 Å². The molecular weight excluding hydrogens is 458 g/mol. The van der Waals surface area contributed by atoms with Crippen molar-refractivity contribution in [1.82, 2.24) is 19.6 Å². The van der Waals surface area contributed by atoms with Gasteiger partial charge in [0.15, 0.2) is 0 Å². The van der Waals surface area contributed by atoms with Gasteiger partial charge < -0.3 is 10.1 Å². The fourth-order valence-electron chi connectivity index (χ4n) is 3.58. The van der Waals surface area contributed by atoms with E-state index < -0.39 is 0 Å². The Kier molecular flexibility index (Phi) is 6.58. The average Bonchev–Trinajstić information content (AvgIpc) is 3.43. The number of aryl methyl sites for hydroxylation is 4. The monoisotopic (exact) mass is 483 g/mol. The molecule has 3 aromatic heterocycles. The number of thiophene rings is 1. The summed E-state index contributed by atoms with van der Waals surface area (Å²) in [6.07, 6.45) is 0. The first kappa shape index (κ1) is 23.1. The van der Waals surface area contributed by atoms with E-state index in [4.69, 9.17) is 16.3 Å². The fourth-order valence-corrected chi connectivity index (χ4v) is 4.49. The zero-order chi connectivity index (χ0) is 23.7. The zero-order valence-electron chi connectivity index (χ0n) is 19.3. The predicted octanol–water partition coefficient (Wildman–Crippen LogP) is 5.67. The Balaban J connectivity index is 1.42. The number of nitrogens with zero attached hydrogens (tertiary/aromatic N) is 4. The van der Waals surface area contributed by atoms with Crippen molar-refractivity contribution >= 4 is 34.5 Å². The molecule has 0 spiro atoms. The quantitative estimate of drug-likeness (QED) is 0.367. The third-order valence-corrected chi connectivity index (χ3v) is 6.81. The number of rotatable bonds is 7. The van der Waals surface area contributed by atoms with Crippen LogP contribution in [0, 0.1) is 34.6 Å². The van der Waals surface area contributed by atoms with Crippen molar-refractivity contribution < 1.29 is 9.53 Å². The van der Waals surface area contributed by atoms with Gasteiger partial charge in [0.1, 0.15) is 19.0 Å². The molecule has 0 fully saturated rings. The Bertz CT molecular complexity index is 1320. The van der Waals surface area contributed by atoms with Crippen molar-refractivity contribution in [3.8, 4) is 5.75 Å². The highest BCUT2D eigenvalue weighted by Crippen LogP contribution is 2.25. The number of ether oxygens (including phenoxy) is 1. The number of halogens is 1. The molecule has 4 rings (SSSR count). The molecule has 0 aliphatic rings. The summed E-state index contributed by atoms with van der Waals surface area (Å²) < 4.78 is 9.59. The molecule has 1 N–H and O–H groups in total. The fraction of sp³-hybridized carbons (Fsp3) is 0.292. The van der Waals surface area contributed by atoms with Crippen LogP contribution in [0.1, 0.15) is 43.6 Å². The minimum Gasteiger partial charge on any atom is -0.489 e. The molecule has 0 radical (unpaired) electrons. The maximum atomic E-state index is 12.9. The van der Waals surface area contributed by atoms with Crippen LogP contribution in [0.4, 0.5) is 5.69 Å². The van der Waals surface area contributed by atoms with E-state index in [0.29, 0.717) is 23.2 Å². The number of hydrogen-bond acceptors (Lipinski definition) is 5. The summed E-state index contributed by atoms with van der Waals surface area (Å²) in [6, 6.07) is 9.44. The Morgan fingerprint density at radius 2 is 1.88 bits per heavy atom. The van der Waals surface area contributed by atoms with Gasteiger partial charge in [0, 0.05) is 16.3 Å². The van der Waals surface area contributed by atoms with Gasteiger partial charge in [-0.15, -0.1) is 11.3 Å². The van der Waals surface area contributed by atoms with E-state index in [0.717, 1.165) is 45.3 Å². The summed E-state index contributed by atoms with van der Waals surface area (Å²) in [7, 11) is 0. The maximum Gasteiger partial charge on any atom is 0.265 e. The van der Waals surface area contributed by atoms with Crippen LogP contribution in [-0.2, 0) is 13.3 Å². The van der Waals surface area contributed by atoms with Crippen molar-refractivity contribution in [1.29, 1.82) is 0 Å². The van der Waals surface area contributed by atoms with E-state index >= 15 is 0 Å². The van der Waals surface area contributed by atoms with Crippen LogP contribution >= 0.6 is 22.9 Å². The lowest BCUT2D eigenvalue weighted by molar-refractivity contribution is 0.103. The molecule has 9 heteroatoms. The number of amides is 1. The van der Waals surface area contributed by atoms with E-state index in [-0.39, 0.29) is 5.91 Å². The van der Waals surface area contributed by atoms with Crippen molar-refractivity contribution in [3.63, 3.8) is 0 Å². The zero-order valence-corrected chi connectivity index (χ0v) is 20.8. The summed E-state index contributed by atoms with van der Waals surface area (Å²) in [4.78, 5) is 13.5. The van der Waals surface area contributed by atoms with Crippen LogP contribution in [0.3, 0.4) is 0 Å². The average molecular weight is 484 g/mol.